The zero-order valence-corrected chi connectivity index (χ0v) is 17.6. The van der Waals surface area contributed by atoms with Crippen molar-refractivity contribution in [3.8, 4) is 0 Å². The highest BCUT2D eigenvalue weighted by Crippen LogP contribution is 2.45. The van der Waals surface area contributed by atoms with Gasteiger partial charge in [-0.25, -0.2) is 13.8 Å². The SMILES string of the molecule is N[C@H](c1nc2ccc([C@H](NC(=O)CC3CC(F)(F)C3)C3CC3)cc2[nH]1)[C@H]1CCCCO1. The number of rotatable bonds is 7. The zero-order valence-electron chi connectivity index (χ0n) is 17.6. The molecule has 2 aliphatic carbocycles. The van der Waals surface area contributed by atoms with Crippen molar-refractivity contribution in [3.63, 3.8) is 0 Å². The highest BCUT2D eigenvalue weighted by molar-refractivity contribution is 5.78. The molecule has 3 atom stereocenters. The summed E-state index contributed by atoms with van der Waals surface area (Å²) in [5, 5.41) is 3.10. The van der Waals surface area contributed by atoms with E-state index in [1.807, 2.05) is 18.2 Å². The average molecular weight is 433 g/mol. The van der Waals surface area contributed by atoms with Crippen LogP contribution in [0.4, 0.5) is 8.78 Å². The number of ether oxygens (including phenoxy) is 1. The number of halogens is 2. The van der Waals surface area contributed by atoms with Crippen LogP contribution >= 0.6 is 0 Å². The molecule has 8 heteroatoms. The third kappa shape index (κ3) is 4.60. The van der Waals surface area contributed by atoms with Crippen LogP contribution in [0.25, 0.3) is 11.0 Å². The minimum atomic E-state index is -2.59. The van der Waals surface area contributed by atoms with Gasteiger partial charge in [0.1, 0.15) is 5.82 Å². The summed E-state index contributed by atoms with van der Waals surface area (Å²) < 4.78 is 32.0. The first-order valence-corrected chi connectivity index (χ1v) is 11.4. The quantitative estimate of drug-likeness (QED) is 0.613. The van der Waals surface area contributed by atoms with Gasteiger partial charge >= 0.3 is 0 Å². The number of hydrogen-bond donors (Lipinski definition) is 3. The van der Waals surface area contributed by atoms with Gasteiger partial charge in [-0.3, -0.25) is 4.79 Å². The van der Waals surface area contributed by atoms with Gasteiger partial charge in [-0.1, -0.05) is 6.07 Å². The minimum absolute atomic E-state index is 0.0221. The van der Waals surface area contributed by atoms with Gasteiger partial charge in [0, 0.05) is 25.9 Å². The van der Waals surface area contributed by atoms with E-state index in [9.17, 15) is 13.6 Å². The van der Waals surface area contributed by atoms with Crippen molar-refractivity contribution in [2.45, 2.75) is 75.5 Å². The molecule has 1 amide bonds. The molecule has 1 aliphatic heterocycles. The van der Waals surface area contributed by atoms with Gasteiger partial charge < -0.3 is 20.8 Å². The largest absolute Gasteiger partial charge is 0.376 e. The number of nitrogens with two attached hydrogens (primary N) is 1. The lowest BCUT2D eigenvalue weighted by Crippen LogP contribution is -2.39. The molecule has 0 bridgehead atoms. The summed E-state index contributed by atoms with van der Waals surface area (Å²) in [4.78, 5) is 20.5. The summed E-state index contributed by atoms with van der Waals surface area (Å²) in [5.41, 5.74) is 9.15. The van der Waals surface area contributed by atoms with E-state index in [1.165, 1.54) is 0 Å². The molecule has 1 aromatic heterocycles. The van der Waals surface area contributed by atoms with E-state index in [2.05, 4.69) is 15.3 Å². The smallest absolute Gasteiger partial charge is 0.248 e. The number of nitrogens with zero attached hydrogens (tertiary/aromatic N) is 1. The van der Waals surface area contributed by atoms with Crippen LogP contribution in [0.5, 0.6) is 0 Å². The van der Waals surface area contributed by atoms with Gasteiger partial charge in [0.15, 0.2) is 0 Å². The van der Waals surface area contributed by atoms with Crippen molar-refractivity contribution < 1.29 is 18.3 Å². The monoisotopic (exact) mass is 432 g/mol. The number of carbonyl (C=O) groups is 1. The summed E-state index contributed by atoms with van der Waals surface area (Å²) in [6.45, 7) is 0.740. The van der Waals surface area contributed by atoms with Crippen molar-refractivity contribution in [1.29, 1.82) is 0 Å². The lowest BCUT2D eigenvalue weighted by molar-refractivity contribution is -0.134. The van der Waals surface area contributed by atoms with E-state index in [1.54, 1.807) is 0 Å². The Morgan fingerprint density at radius 1 is 1.29 bits per heavy atom. The first-order valence-electron chi connectivity index (χ1n) is 11.4. The van der Waals surface area contributed by atoms with Crippen molar-refractivity contribution in [2.24, 2.45) is 17.6 Å². The molecule has 2 heterocycles. The Labute approximate surface area is 180 Å². The number of alkyl halides is 2. The second-order valence-electron chi connectivity index (χ2n) is 9.55. The molecular formula is C23H30F2N4O2. The standard InChI is InChI=1S/C23H30F2N4O2/c24-23(25)11-13(12-23)9-19(30)29-21(14-4-5-14)15-6-7-16-17(10-15)28-22(27-16)20(26)18-3-1-2-8-31-18/h6-7,10,13-14,18,20-21H,1-5,8-9,11-12,26H2,(H,27,28)(H,29,30)/t18-,20+,21-/m1/s1. The Bertz CT molecular complexity index is 944. The fourth-order valence-corrected chi connectivity index (χ4v) is 4.95. The molecule has 3 fully saturated rings. The molecular weight excluding hydrogens is 402 g/mol. The second kappa shape index (κ2) is 8.13. The molecule has 3 aliphatic rings. The van der Waals surface area contributed by atoms with Crippen molar-refractivity contribution in [2.75, 3.05) is 6.61 Å². The molecule has 168 valence electrons. The number of H-pyrrole nitrogens is 1. The highest BCUT2D eigenvalue weighted by Gasteiger charge is 2.46. The molecule has 1 aromatic carbocycles. The molecule has 0 spiro atoms. The summed E-state index contributed by atoms with van der Waals surface area (Å²) in [7, 11) is 0. The average Bonchev–Trinajstić information content (AvgIpc) is 3.48. The summed E-state index contributed by atoms with van der Waals surface area (Å²) >= 11 is 0. The van der Waals surface area contributed by atoms with Gasteiger partial charge in [-0.2, -0.15) is 0 Å². The normalized spacial score (nSPS) is 25.7. The lowest BCUT2D eigenvalue weighted by atomic mass is 9.79. The third-order valence-electron chi connectivity index (χ3n) is 6.87. The van der Waals surface area contributed by atoms with E-state index in [4.69, 9.17) is 10.5 Å². The van der Waals surface area contributed by atoms with Crippen LogP contribution in [0.15, 0.2) is 18.2 Å². The molecule has 2 saturated carbocycles. The van der Waals surface area contributed by atoms with Crippen LogP contribution in [-0.2, 0) is 9.53 Å². The van der Waals surface area contributed by atoms with Gasteiger partial charge in [-0.15, -0.1) is 0 Å². The van der Waals surface area contributed by atoms with Crippen LogP contribution in [0.3, 0.4) is 0 Å². The first-order chi connectivity index (χ1) is 14.9. The van der Waals surface area contributed by atoms with E-state index in [0.717, 1.165) is 61.1 Å². The predicted molar refractivity (Wildman–Crippen MR) is 113 cm³/mol. The number of benzene rings is 1. The van der Waals surface area contributed by atoms with Gasteiger partial charge in [0.05, 0.1) is 29.2 Å². The van der Waals surface area contributed by atoms with Crippen LogP contribution in [0, 0.1) is 11.8 Å². The summed E-state index contributed by atoms with van der Waals surface area (Å²) in [6, 6.07) is 5.58. The number of aromatic amines is 1. The van der Waals surface area contributed by atoms with Crippen LogP contribution in [0.2, 0.25) is 0 Å². The fraction of sp³-hybridized carbons (Fsp3) is 0.652. The molecule has 4 N–H and O–H groups in total. The van der Waals surface area contributed by atoms with Crippen LogP contribution < -0.4 is 11.1 Å². The maximum atomic E-state index is 13.1. The number of imidazole rings is 1. The zero-order chi connectivity index (χ0) is 21.6. The Morgan fingerprint density at radius 3 is 2.77 bits per heavy atom. The maximum Gasteiger partial charge on any atom is 0.248 e. The third-order valence-corrected chi connectivity index (χ3v) is 6.87. The van der Waals surface area contributed by atoms with E-state index >= 15 is 0 Å². The molecule has 31 heavy (non-hydrogen) atoms. The van der Waals surface area contributed by atoms with Crippen molar-refractivity contribution in [1.82, 2.24) is 15.3 Å². The molecule has 6 nitrogen and oxygen atoms in total. The molecule has 5 rings (SSSR count). The van der Waals surface area contributed by atoms with Crippen LogP contribution in [0.1, 0.15) is 74.8 Å². The molecule has 0 unspecified atom stereocenters. The molecule has 0 radical (unpaired) electrons. The van der Waals surface area contributed by atoms with E-state index in [0.29, 0.717) is 5.92 Å². The van der Waals surface area contributed by atoms with Crippen LogP contribution in [-0.4, -0.2) is 34.5 Å². The number of amides is 1. The maximum absolute atomic E-state index is 13.1. The fourth-order valence-electron chi connectivity index (χ4n) is 4.95. The second-order valence-corrected chi connectivity index (χ2v) is 9.55. The van der Waals surface area contributed by atoms with Crippen molar-refractivity contribution in [3.05, 3.63) is 29.6 Å². The summed E-state index contributed by atoms with van der Waals surface area (Å²) in [5.74, 6) is -1.83. The molecule has 2 aromatic rings. The number of fused-ring (bicyclic) bond motifs is 1. The van der Waals surface area contributed by atoms with Gasteiger partial charge in [0.25, 0.3) is 0 Å². The van der Waals surface area contributed by atoms with E-state index in [-0.39, 0.29) is 49.3 Å². The highest BCUT2D eigenvalue weighted by atomic mass is 19.3. The first kappa shape index (κ1) is 20.8. The summed E-state index contributed by atoms with van der Waals surface area (Å²) in [6.07, 6.45) is 5.04. The minimum Gasteiger partial charge on any atom is -0.376 e. The topological polar surface area (TPSA) is 93.0 Å². The van der Waals surface area contributed by atoms with Gasteiger partial charge in [-0.05, 0) is 61.6 Å². The molecule has 1 saturated heterocycles. The predicted octanol–water partition coefficient (Wildman–Crippen LogP) is 4.13. The Hall–Kier alpha value is -2.06. The number of aromatic nitrogens is 2. The Balaban J connectivity index is 1.29. The number of nitrogens with one attached hydrogen (secondary N) is 2. The Kier molecular flexibility index (Phi) is 5.46. The van der Waals surface area contributed by atoms with Crippen molar-refractivity contribution >= 4 is 16.9 Å². The Morgan fingerprint density at radius 2 is 2.10 bits per heavy atom. The van der Waals surface area contributed by atoms with Gasteiger partial charge in [0.2, 0.25) is 11.8 Å². The number of carbonyl (C=O) groups excluding carboxylic acids is 1. The number of hydrogen-bond acceptors (Lipinski definition) is 4. The lowest BCUT2D eigenvalue weighted by Gasteiger charge is -2.34. The van der Waals surface area contributed by atoms with E-state index < -0.39 is 5.92 Å².